The van der Waals surface area contributed by atoms with Crippen LogP contribution in [0.3, 0.4) is 0 Å². The maximum absolute atomic E-state index is 13.5. The Morgan fingerprint density at radius 2 is 2.05 bits per heavy atom. The van der Waals surface area contributed by atoms with E-state index in [0.29, 0.717) is 16.3 Å². The first-order chi connectivity index (χ1) is 9.60. The molecular formula is C14H12ClFN2O2. The Morgan fingerprint density at radius 3 is 2.75 bits per heavy atom. The normalized spacial score (nSPS) is 11.4. The number of hydrogen-bond acceptors (Lipinski definition) is 3. The van der Waals surface area contributed by atoms with Crippen molar-refractivity contribution in [2.45, 2.75) is 6.61 Å². The van der Waals surface area contributed by atoms with Gasteiger partial charge in [0.2, 0.25) is 0 Å². The van der Waals surface area contributed by atoms with E-state index in [9.17, 15) is 4.39 Å². The number of nitrogens with two attached hydrogens (primary N) is 1. The molecule has 0 saturated heterocycles. The molecule has 0 spiro atoms. The monoisotopic (exact) mass is 294 g/mol. The van der Waals surface area contributed by atoms with Gasteiger partial charge in [0.25, 0.3) is 0 Å². The second-order valence-electron chi connectivity index (χ2n) is 4.05. The summed E-state index contributed by atoms with van der Waals surface area (Å²) < 4.78 is 19.0. The first-order valence-corrected chi connectivity index (χ1v) is 6.12. The van der Waals surface area contributed by atoms with Gasteiger partial charge in [-0.25, -0.2) is 4.39 Å². The molecule has 0 radical (unpaired) electrons. The van der Waals surface area contributed by atoms with Gasteiger partial charge in [0.15, 0.2) is 5.84 Å². The van der Waals surface area contributed by atoms with E-state index in [1.807, 2.05) is 0 Å². The smallest absolute Gasteiger partial charge is 0.170 e. The third kappa shape index (κ3) is 3.39. The summed E-state index contributed by atoms with van der Waals surface area (Å²) in [5.74, 6) is -0.154. The van der Waals surface area contributed by atoms with Crippen LogP contribution in [0.2, 0.25) is 5.02 Å². The maximum atomic E-state index is 13.5. The SMILES string of the molecule is N/C(=N/O)c1cc(F)cc(COc2ccccc2Cl)c1. The quantitative estimate of drug-likeness (QED) is 0.394. The van der Waals surface area contributed by atoms with Crippen LogP contribution in [-0.4, -0.2) is 11.0 Å². The van der Waals surface area contributed by atoms with Crippen molar-refractivity contribution >= 4 is 17.4 Å². The van der Waals surface area contributed by atoms with Crippen LogP contribution in [-0.2, 0) is 6.61 Å². The summed E-state index contributed by atoms with van der Waals surface area (Å²) >= 11 is 5.95. The van der Waals surface area contributed by atoms with Gasteiger partial charge < -0.3 is 15.7 Å². The summed E-state index contributed by atoms with van der Waals surface area (Å²) in [4.78, 5) is 0. The second kappa shape index (κ2) is 6.25. The molecule has 20 heavy (non-hydrogen) atoms. The van der Waals surface area contributed by atoms with E-state index in [-0.39, 0.29) is 18.0 Å². The van der Waals surface area contributed by atoms with Gasteiger partial charge in [-0.3, -0.25) is 0 Å². The molecule has 0 aliphatic heterocycles. The Labute approximate surface area is 120 Å². The Morgan fingerprint density at radius 1 is 1.30 bits per heavy atom. The molecule has 0 bridgehead atoms. The Bertz CT molecular complexity index is 647. The number of para-hydroxylation sites is 1. The van der Waals surface area contributed by atoms with Crippen LogP contribution in [0.5, 0.6) is 5.75 Å². The van der Waals surface area contributed by atoms with Crippen LogP contribution >= 0.6 is 11.6 Å². The number of amidine groups is 1. The van der Waals surface area contributed by atoms with Gasteiger partial charge in [-0.2, -0.15) is 0 Å². The molecule has 0 atom stereocenters. The summed E-state index contributed by atoms with van der Waals surface area (Å²) in [7, 11) is 0. The largest absolute Gasteiger partial charge is 0.487 e. The van der Waals surface area contributed by atoms with Gasteiger partial charge in [-0.1, -0.05) is 28.9 Å². The molecule has 0 aromatic heterocycles. The molecule has 104 valence electrons. The third-order valence-corrected chi connectivity index (χ3v) is 2.90. The number of rotatable bonds is 4. The standard InChI is InChI=1S/C14H12ClFN2O2/c15-12-3-1-2-4-13(12)20-8-9-5-10(14(17)18-19)7-11(16)6-9/h1-7,19H,8H2,(H2,17,18). The number of nitrogens with zero attached hydrogens (tertiary/aromatic N) is 1. The van der Waals surface area contributed by atoms with Gasteiger partial charge >= 0.3 is 0 Å². The molecule has 6 heteroatoms. The number of halogens is 2. The van der Waals surface area contributed by atoms with Gasteiger partial charge in [0, 0.05) is 5.56 Å². The van der Waals surface area contributed by atoms with Crippen molar-refractivity contribution in [1.82, 2.24) is 0 Å². The minimum Gasteiger partial charge on any atom is -0.487 e. The Kier molecular flexibility index (Phi) is 4.42. The highest BCUT2D eigenvalue weighted by Crippen LogP contribution is 2.24. The van der Waals surface area contributed by atoms with Gasteiger partial charge in [0.05, 0.1) is 5.02 Å². The second-order valence-corrected chi connectivity index (χ2v) is 4.46. The Balaban J connectivity index is 2.18. The molecule has 0 aliphatic carbocycles. The topological polar surface area (TPSA) is 67.8 Å². The van der Waals surface area contributed by atoms with E-state index >= 15 is 0 Å². The van der Waals surface area contributed by atoms with Gasteiger partial charge in [0.1, 0.15) is 18.2 Å². The van der Waals surface area contributed by atoms with Crippen LogP contribution in [0.1, 0.15) is 11.1 Å². The van der Waals surface area contributed by atoms with Crippen molar-refractivity contribution in [1.29, 1.82) is 0 Å². The molecule has 0 aliphatic rings. The fourth-order valence-electron chi connectivity index (χ4n) is 1.66. The average Bonchev–Trinajstić information content (AvgIpc) is 2.45. The van der Waals surface area contributed by atoms with Crippen LogP contribution < -0.4 is 10.5 Å². The first kappa shape index (κ1) is 14.1. The van der Waals surface area contributed by atoms with Crippen molar-refractivity contribution in [2.24, 2.45) is 10.9 Å². The lowest BCUT2D eigenvalue weighted by Crippen LogP contribution is -2.14. The molecule has 0 unspecified atom stereocenters. The predicted molar refractivity (Wildman–Crippen MR) is 74.7 cm³/mol. The Hall–Kier alpha value is -2.27. The highest BCUT2D eigenvalue weighted by atomic mass is 35.5. The molecule has 2 rings (SSSR count). The van der Waals surface area contributed by atoms with E-state index in [1.54, 1.807) is 30.3 Å². The highest BCUT2D eigenvalue weighted by Gasteiger charge is 2.06. The van der Waals surface area contributed by atoms with Crippen LogP contribution in [0.25, 0.3) is 0 Å². The summed E-state index contributed by atoms with van der Waals surface area (Å²) in [5, 5.41) is 11.9. The predicted octanol–water partition coefficient (Wildman–Crippen LogP) is 3.15. The van der Waals surface area contributed by atoms with Crippen molar-refractivity contribution in [3.8, 4) is 5.75 Å². The zero-order valence-corrected chi connectivity index (χ0v) is 11.1. The summed E-state index contributed by atoms with van der Waals surface area (Å²) in [6.45, 7) is 0.118. The van der Waals surface area contributed by atoms with E-state index in [4.69, 9.17) is 27.3 Å². The number of oxime groups is 1. The van der Waals surface area contributed by atoms with Crippen molar-refractivity contribution in [3.05, 3.63) is 64.4 Å². The summed E-state index contributed by atoms with van der Waals surface area (Å²) in [5.41, 5.74) is 6.27. The van der Waals surface area contributed by atoms with Gasteiger partial charge in [-0.05, 0) is 35.9 Å². The molecule has 0 amide bonds. The fourth-order valence-corrected chi connectivity index (χ4v) is 1.85. The molecular weight excluding hydrogens is 283 g/mol. The fraction of sp³-hybridized carbons (Fsp3) is 0.0714. The van der Waals surface area contributed by atoms with E-state index in [2.05, 4.69) is 5.16 Å². The number of benzene rings is 2. The molecule has 4 nitrogen and oxygen atoms in total. The first-order valence-electron chi connectivity index (χ1n) is 5.75. The van der Waals surface area contributed by atoms with Crippen molar-refractivity contribution in [3.63, 3.8) is 0 Å². The average molecular weight is 295 g/mol. The van der Waals surface area contributed by atoms with E-state index in [1.165, 1.54) is 12.1 Å². The molecule has 0 fully saturated rings. The van der Waals surface area contributed by atoms with Crippen LogP contribution in [0, 0.1) is 5.82 Å². The minimum atomic E-state index is -0.494. The summed E-state index contributed by atoms with van der Waals surface area (Å²) in [6.07, 6.45) is 0. The van der Waals surface area contributed by atoms with Crippen LogP contribution in [0.15, 0.2) is 47.6 Å². The molecule has 0 heterocycles. The van der Waals surface area contributed by atoms with Crippen molar-refractivity contribution < 1.29 is 14.3 Å². The maximum Gasteiger partial charge on any atom is 0.170 e. The van der Waals surface area contributed by atoms with E-state index in [0.717, 1.165) is 0 Å². The molecule has 0 saturated carbocycles. The third-order valence-electron chi connectivity index (χ3n) is 2.59. The number of hydrogen-bond donors (Lipinski definition) is 2. The van der Waals surface area contributed by atoms with E-state index < -0.39 is 5.82 Å². The molecule has 2 aromatic rings. The zero-order valence-electron chi connectivity index (χ0n) is 10.4. The number of ether oxygens (including phenoxy) is 1. The highest BCUT2D eigenvalue weighted by molar-refractivity contribution is 6.32. The molecule has 2 aromatic carbocycles. The minimum absolute atomic E-state index is 0.118. The lowest BCUT2D eigenvalue weighted by molar-refractivity contribution is 0.305. The lowest BCUT2D eigenvalue weighted by atomic mass is 10.1. The lowest BCUT2D eigenvalue weighted by Gasteiger charge is -2.09. The zero-order chi connectivity index (χ0) is 14.5. The van der Waals surface area contributed by atoms with Gasteiger partial charge in [-0.15, -0.1) is 0 Å². The summed E-state index contributed by atoms with van der Waals surface area (Å²) in [6, 6.07) is 11.0. The van der Waals surface area contributed by atoms with Crippen molar-refractivity contribution in [2.75, 3.05) is 0 Å². The molecule has 3 N–H and O–H groups in total. The van der Waals surface area contributed by atoms with Crippen LogP contribution in [0.4, 0.5) is 4.39 Å².